The third kappa shape index (κ3) is 4.84. The van der Waals surface area contributed by atoms with Crippen LogP contribution in [0.4, 0.5) is 5.69 Å². The number of anilines is 1. The number of para-hydroxylation sites is 2. The van der Waals surface area contributed by atoms with Gasteiger partial charge >= 0.3 is 0 Å². The minimum Gasteiger partial charge on any atom is -0.486 e. The molecule has 27 heavy (non-hydrogen) atoms. The fraction of sp³-hybridized carbons (Fsp3) is 0.429. The van der Waals surface area contributed by atoms with Gasteiger partial charge in [0.25, 0.3) is 0 Å². The molecule has 0 saturated heterocycles. The molecule has 6 heteroatoms. The van der Waals surface area contributed by atoms with Gasteiger partial charge in [-0.1, -0.05) is 18.2 Å². The predicted octanol–water partition coefficient (Wildman–Crippen LogP) is 3.17. The molecule has 2 aromatic carbocycles. The highest BCUT2D eigenvalue weighted by atomic mass is 17.2. The Hall–Kier alpha value is -2.44. The van der Waals surface area contributed by atoms with Gasteiger partial charge in [0.05, 0.1) is 6.61 Å². The molecule has 0 bridgehead atoms. The van der Waals surface area contributed by atoms with Crippen LogP contribution in [-0.2, 0) is 11.3 Å². The lowest BCUT2D eigenvalue weighted by atomic mass is 10.1. The highest BCUT2D eigenvalue weighted by Crippen LogP contribution is 2.30. The third-order valence-corrected chi connectivity index (χ3v) is 4.69. The van der Waals surface area contributed by atoms with Crippen molar-refractivity contribution in [1.82, 2.24) is 5.32 Å². The molecule has 2 aliphatic heterocycles. The first kappa shape index (κ1) is 17.9. The molecule has 4 rings (SSSR count). The average Bonchev–Trinajstić information content (AvgIpc) is 2.95. The van der Waals surface area contributed by atoms with Crippen LogP contribution in [0.5, 0.6) is 17.2 Å². The minimum absolute atomic E-state index is 0.0505. The average molecular weight is 370 g/mol. The van der Waals surface area contributed by atoms with E-state index >= 15 is 0 Å². The maximum absolute atomic E-state index is 5.94. The van der Waals surface area contributed by atoms with E-state index < -0.39 is 0 Å². The van der Waals surface area contributed by atoms with E-state index in [0.717, 1.165) is 61.8 Å². The second-order valence-electron chi connectivity index (χ2n) is 6.81. The summed E-state index contributed by atoms with van der Waals surface area (Å²) in [6, 6.07) is 14.0. The van der Waals surface area contributed by atoms with E-state index in [1.165, 1.54) is 5.56 Å². The Balaban J connectivity index is 1.14. The topological polar surface area (TPSA) is 61.0 Å². The van der Waals surface area contributed by atoms with Crippen molar-refractivity contribution in [3.05, 3.63) is 48.0 Å². The molecule has 2 aliphatic rings. The van der Waals surface area contributed by atoms with E-state index in [1.807, 2.05) is 30.3 Å². The number of aryl methyl sites for hydroxylation is 1. The molecule has 2 heterocycles. The van der Waals surface area contributed by atoms with Gasteiger partial charge in [-0.2, -0.15) is 4.89 Å². The monoisotopic (exact) mass is 370 g/mol. The molecular formula is C21H26N2O4. The molecular weight excluding hydrogens is 344 g/mol. The lowest BCUT2D eigenvalue weighted by Gasteiger charge is -2.26. The summed E-state index contributed by atoms with van der Waals surface area (Å²) in [4.78, 5) is 10.5. The Bertz CT molecular complexity index is 753. The van der Waals surface area contributed by atoms with E-state index in [2.05, 4.69) is 22.8 Å². The SMILES string of the molecule is c1ccc2c(c1)OCC(CNCCCNc1ccc3c(c1)OOCCC3)O2. The van der Waals surface area contributed by atoms with Crippen molar-refractivity contribution >= 4 is 5.69 Å². The molecule has 6 nitrogen and oxygen atoms in total. The van der Waals surface area contributed by atoms with E-state index in [-0.39, 0.29) is 6.10 Å². The first-order valence-electron chi connectivity index (χ1n) is 9.64. The number of hydrogen-bond donors (Lipinski definition) is 2. The van der Waals surface area contributed by atoms with Crippen molar-refractivity contribution < 1.29 is 19.2 Å². The Kier molecular flexibility index (Phi) is 5.96. The molecule has 1 unspecified atom stereocenters. The van der Waals surface area contributed by atoms with Crippen LogP contribution >= 0.6 is 0 Å². The first-order chi connectivity index (χ1) is 13.4. The van der Waals surface area contributed by atoms with Gasteiger partial charge < -0.3 is 25.0 Å². The second kappa shape index (κ2) is 8.97. The zero-order chi connectivity index (χ0) is 18.3. The number of rotatable bonds is 7. The Morgan fingerprint density at radius 1 is 1.00 bits per heavy atom. The summed E-state index contributed by atoms with van der Waals surface area (Å²) < 4.78 is 11.7. The lowest BCUT2D eigenvalue weighted by Crippen LogP contribution is -2.39. The normalized spacial score (nSPS) is 18.1. The Morgan fingerprint density at radius 2 is 1.93 bits per heavy atom. The van der Waals surface area contributed by atoms with Gasteiger partial charge in [-0.05, 0) is 49.6 Å². The van der Waals surface area contributed by atoms with Gasteiger partial charge in [0.1, 0.15) is 12.7 Å². The summed E-state index contributed by atoms with van der Waals surface area (Å²) in [5.41, 5.74) is 2.26. The maximum atomic E-state index is 5.94. The van der Waals surface area contributed by atoms with Crippen molar-refractivity contribution in [2.45, 2.75) is 25.4 Å². The minimum atomic E-state index is 0.0505. The number of hydrogen-bond acceptors (Lipinski definition) is 6. The molecule has 0 amide bonds. The number of fused-ring (bicyclic) bond motifs is 2. The first-order valence-corrected chi connectivity index (χ1v) is 9.64. The van der Waals surface area contributed by atoms with Gasteiger partial charge in [0.2, 0.25) is 0 Å². The molecule has 0 aliphatic carbocycles. The molecule has 2 aromatic rings. The maximum Gasteiger partial charge on any atom is 0.170 e. The van der Waals surface area contributed by atoms with Crippen LogP contribution in [0.1, 0.15) is 18.4 Å². The standard InChI is InChI=1S/C21H26N2O4/c1-2-7-20-19(6-1)24-15-18(26-20)14-22-10-4-11-23-17-9-8-16-5-3-12-25-27-21(16)13-17/h1-2,6-9,13,18,22-23H,3-5,10-12,14-15H2. The molecule has 144 valence electrons. The molecule has 0 radical (unpaired) electrons. The summed E-state index contributed by atoms with van der Waals surface area (Å²) in [6.07, 6.45) is 3.05. The van der Waals surface area contributed by atoms with E-state index in [0.29, 0.717) is 13.2 Å². The van der Waals surface area contributed by atoms with Crippen LogP contribution in [0.3, 0.4) is 0 Å². The fourth-order valence-electron chi connectivity index (χ4n) is 3.25. The van der Waals surface area contributed by atoms with E-state index in [4.69, 9.17) is 19.2 Å². The summed E-state index contributed by atoms with van der Waals surface area (Å²) in [6.45, 7) is 3.80. The molecule has 0 spiro atoms. The quantitative estimate of drug-likeness (QED) is 0.577. The Labute approximate surface area is 159 Å². The second-order valence-corrected chi connectivity index (χ2v) is 6.81. The molecule has 1 atom stereocenters. The zero-order valence-corrected chi connectivity index (χ0v) is 15.4. The third-order valence-electron chi connectivity index (χ3n) is 4.69. The van der Waals surface area contributed by atoms with Crippen LogP contribution in [-0.4, -0.2) is 39.0 Å². The summed E-state index contributed by atoms with van der Waals surface area (Å²) >= 11 is 0. The largest absolute Gasteiger partial charge is 0.486 e. The van der Waals surface area contributed by atoms with Crippen molar-refractivity contribution in [1.29, 1.82) is 0 Å². The van der Waals surface area contributed by atoms with Crippen LogP contribution in [0.25, 0.3) is 0 Å². The lowest BCUT2D eigenvalue weighted by molar-refractivity contribution is -0.203. The number of ether oxygens (including phenoxy) is 2. The summed E-state index contributed by atoms with van der Waals surface area (Å²) in [5, 5.41) is 6.88. The van der Waals surface area contributed by atoms with E-state index in [1.54, 1.807) is 0 Å². The van der Waals surface area contributed by atoms with Gasteiger partial charge in [0.15, 0.2) is 17.2 Å². The highest BCUT2D eigenvalue weighted by molar-refractivity contribution is 5.52. The van der Waals surface area contributed by atoms with Crippen molar-refractivity contribution in [2.24, 2.45) is 0 Å². The van der Waals surface area contributed by atoms with E-state index in [9.17, 15) is 0 Å². The predicted molar refractivity (Wildman–Crippen MR) is 104 cm³/mol. The smallest absolute Gasteiger partial charge is 0.170 e. The van der Waals surface area contributed by atoms with Crippen molar-refractivity contribution in [2.75, 3.05) is 38.2 Å². The number of benzene rings is 2. The fourth-order valence-corrected chi connectivity index (χ4v) is 3.25. The van der Waals surface area contributed by atoms with Crippen LogP contribution in [0, 0.1) is 0 Å². The van der Waals surface area contributed by atoms with Crippen LogP contribution in [0.15, 0.2) is 42.5 Å². The van der Waals surface area contributed by atoms with Gasteiger partial charge in [-0.25, -0.2) is 0 Å². The highest BCUT2D eigenvalue weighted by Gasteiger charge is 2.19. The summed E-state index contributed by atoms with van der Waals surface area (Å²) in [5.74, 6) is 2.48. The van der Waals surface area contributed by atoms with Crippen molar-refractivity contribution in [3.8, 4) is 17.2 Å². The molecule has 0 fully saturated rings. The van der Waals surface area contributed by atoms with Crippen LogP contribution in [0.2, 0.25) is 0 Å². The van der Waals surface area contributed by atoms with Gasteiger partial charge in [0, 0.05) is 24.8 Å². The molecule has 0 aromatic heterocycles. The van der Waals surface area contributed by atoms with Gasteiger partial charge in [-0.15, -0.1) is 0 Å². The molecule has 2 N–H and O–H groups in total. The van der Waals surface area contributed by atoms with Crippen LogP contribution < -0.4 is 25.0 Å². The molecule has 0 saturated carbocycles. The van der Waals surface area contributed by atoms with Gasteiger partial charge in [-0.3, -0.25) is 0 Å². The van der Waals surface area contributed by atoms with Crippen molar-refractivity contribution in [3.63, 3.8) is 0 Å². The summed E-state index contributed by atoms with van der Waals surface area (Å²) in [7, 11) is 0. The Morgan fingerprint density at radius 3 is 2.89 bits per heavy atom. The number of nitrogens with one attached hydrogen (secondary N) is 2. The zero-order valence-electron chi connectivity index (χ0n) is 15.4.